The molecule has 0 radical (unpaired) electrons. The van der Waals surface area contributed by atoms with Gasteiger partial charge in [-0.05, 0) is 18.8 Å². The third kappa shape index (κ3) is 2.69. The predicted molar refractivity (Wildman–Crippen MR) is 68.4 cm³/mol. The Morgan fingerprint density at radius 2 is 2.22 bits per heavy atom. The van der Waals surface area contributed by atoms with Crippen molar-refractivity contribution in [3.05, 3.63) is 11.6 Å². The minimum Gasteiger partial charge on any atom is -0.481 e. The highest BCUT2D eigenvalue weighted by Gasteiger charge is 2.42. The van der Waals surface area contributed by atoms with Crippen LogP contribution in [0.2, 0.25) is 0 Å². The number of nitrogens with zero attached hydrogens (tertiary/aromatic N) is 1. The Morgan fingerprint density at radius 1 is 1.50 bits per heavy atom. The molecule has 5 nitrogen and oxygen atoms in total. The van der Waals surface area contributed by atoms with Crippen LogP contribution in [-0.2, 0) is 9.59 Å². The van der Waals surface area contributed by atoms with E-state index in [4.69, 9.17) is 0 Å². The first-order valence-corrected chi connectivity index (χ1v) is 6.93. The van der Waals surface area contributed by atoms with E-state index in [1.54, 1.807) is 11.6 Å². The first kappa shape index (κ1) is 13.0. The zero-order chi connectivity index (χ0) is 13.1. The smallest absolute Gasteiger partial charge is 0.307 e. The van der Waals surface area contributed by atoms with E-state index in [1.807, 2.05) is 6.92 Å². The van der Waals surface area contributed by atoms with Gasteiger partial charge in [-0.15, -0.1) is 11.3 Å². The van der Waals surface area contributed by atoms with E-state index in [-0.39, 0.29) is 5.91 Å². The SMILES string of the molecule is CCC1CC(C(=O)O)C(C(=O)Nc2nccs2)C1. The largest absolute Gasteiger partial charge is 0.481 e. The van der Waals surface area contributed by atoms with Crippen molar-refractivity contribution in [1.29, 1.82) is 0 Å². The predicted octanol–water partition coefficient (Wildman–Crippen LogP) is 2.22. The van der Waals surface area contributed by atoms with Gasteiger partial charge in [0, 0.05) is 11.6 Å². The fraction of sp³-hybridized carbons (Fsp3) is 0.583. The molecule has 0 bridgehead atoms. The molecule has 1 amide bonds. The Balaban J connectivity index is 2.05. The van der Waals surface area contributed by atoms with Crippen LogP contribution >= 0.6 is 11.3 Å². The van der Waals surface area contributed by atoms with Crippen molar-refractivity contribution in [1.82, 2.24) is 4.98 Å². The molecule has 1 aliphatic carbocycles. The van der Waals surface area contributed by atoms with Gasteiger partial charge < -0.3 is 10.4 Å². The summed E-state index contributed by atoms with van der Waals surface area (Å²) in [6, 6.07) is 0. The van der Waals surface area contributed by atoms with Gasteiger partial charge in [0.15, 0.2) is 5.13 Å². The number of nitrogens with one attached hydrogen (secondary N) is 1. The number of hydrogen-bond donors (Lipinski definition) is 2. The number of hydrogen-bond acceptors (Lipinski definition) is 4. The molecule has 18 heavy (non-hydrogen) atoms. The summed E-state index contributed by atoms with van der Waals surface area (Å²) in [6.45, 7) is 2.03. The molecule has 2 N–H and O–H groups in total. The highest BCUT2D eigenvalue weighted by Crippen LogP contribution is 2.39. The van der Waals surface area contributed by atoms with Crippen LogP contribution in [0.25, 0.3) is 0 Å². The standard InChI is InChI=1S/C12H16N2O3S/c1-2-7-5-8(9(6-7)11(16)17)10(15)14-12-13-3-4-18-12/h3-4,7-9H,2,5-6H2,1H3,(H,16,17)(H,13,14,15). The van der Waals surface area contributed by atoms with Crippen molar-refractivity contribution in [3.8, 4) is 0 Å². The molecule has 0 spiro atoms. The summed E-state index contributed by atoms with van der Waals surface area (Å²) in [4.78, 5) is 27.2. The normalized spacial score (nSPS) is 27.1. The van der Waals surface area contributed by atoms with Crippen molar-refractivity contribution < 1.29 is 14.7 Å². The summed E-state index contributed by atoms with van der Waals surface area (Å²) in [5.41, 5.74) is 0. The van der Waals surface area contributed by atoms with Crippen molar-refractivity contribution >= 4 is 28.3 Å². The fourth-order valence-electron chi connectivity index (χ4n) is 2.52. The first-order chi connectivity index (χ1) is 8.61. The average molecular weight is 268 g/mol. The Morgan fingerprint density at radius 3 is 2.78 bits per heavy atom. The van der Waals surface area contributed by atoms with Crippen LogP contribution in [0.5, 0.6) is 0 Å². The van der Waals surface area contributed by atoms with Crippen LogP contribution in [0.15, 0.2) is 11.6 Å². The lowest BCUT2D eigenvalue weighted by atomic mass is 9.95. The molecule has 3 atom stereocenters. The monoisotopic (exact) mass is 268 g/mol. The molecule has 1 aromatic heterocycles. The number of anilines is 1. The Labute approximate surface area is 109 Å². The number of rotatable bonds is 4. The molecule has 98 valence electrons. The highest BCUT2D eigenvalue weighted by atomic mass is 32.1. The van der Waals surface area contributed by atoms with Gasteiger partial charge in [0.2, 0.25) is 5.91 Å². The van der Waals surface area contributed by atoms with E-state index >= 15 is 0 Å². The Kier molecular flexibility index (Phi) is 3.96. The van der Waals surface area contributed by atoms with E-state index in [1.165, 1.54) is 11.3 Å². The quantitative estimate of drug-likeness (QED) is 0.877. The second-order valence-electron chi connectivity index (χ2n) is 4.62. The van der Waals surface area contributed by atoms with E-state index in [2.05, 4.69) is 10.3 Å². The molecule has 1 fully saturated rings. The summed E-state index contributed by atoms with van der Waals surface area (Å²) in [5.74, 6) is -1.75. The van der Waals surface area contributed by atoms with Gasteiger partial charge in [-0.2, -0.15) is 0 Å². The van der Waals surface area contributed by atoms with Crippen LogP contribution in [0.3, 0.4) is 0 Å². The van der Waals surface area contributed by atoms with E-state index in [0.29, 0.717) is 23.9 Å². The van der Waals surface area contributed by atoms with Gasteiger partial charge in [-0.3, -0.25) is 9.59 Å². The molecule has 1 heterocycles. The Bertz CT molecular complexity index is 433. The molecular weight excluding hydrogens is 252 g/mol. The maximum absolute atomic E-state index is 12.1. The third-order valence-electron chi connectivity index (χ3n) is 3.55. The summed E-state index contributed by atoms with van der Waals surface area (Å²) in [6.07, 6.45) is 3.79. The molecule has 0 aromatic carbocycles. The van der Waals surface area contributed by atoms with Gasteiger partial charge in [0.1, 0.15) is 0 Å². The fourth-order valence-corrected chi connectivity index (χ4v) is 3.05. The lowest BCUT2D eigenvalue weighted by molar-refractivity contribution is -0.145. The molecule has 1 aliphatic rings. The van der Waals surface area contributed by atoms with Crippen molar-refractivity contribution in [3.63, 3.8) is 0 Å². The Hall–Kier alpha value is -1.43. The molecule has 6 heteroatoms. The molecule has 1 saturated carbocycles. The van der Waals surface area contributed by atoms with Gasteiger partial charge in [0.05, 0.1) is 11.8 Å². The van der Waals surface area contributed by atoms with Crippen LogP contribution < -0.4 is 5.32 Å². The number of aromatic nitrogens is 1. The van der Waals surface area contributed by atoms with E-state index < -0.39 is 17.8 Å². The number of carbonyl (C=O) groups excluding carboxylic acids is 1. The minimum atomic E-state index is -0.870. The van der Waals surface area contributed by atoms with Crippen molar-refractivity contribution in [2.24, 2.45) is 17.8 Å². The van der Waals surface area contributed by atoms with Crippen LogP contribution in [-0.4, -0.2) is 22.0 Å². The van der Waals surface area contributed by atoms with Crippen LogP contribution in [0, 0.1) is 17.8 Å². The number of carboxylic acids is 1. The summed E-state index contributed by atoms with van der Waals surface area (Å²) < 4.78 is 0. The van der Waals surface area contributed by atoms with Crippen molar-refractivity contribution in [2.75, 3.05) is 5.32 Å². The lowest BCUT2D eigenvalue weighted by Crippen LogP contribution is -2.29. The summed E-state index contributed by atoms with van der Waals surface area (Å²) in [5, 5.41) is 14.2. The second-order valence-corrected chi connectivity index (χ2v) is 5.52. The third-order valence-corrected chi connectivity index (χ3v) is 4.24. The zero-order valence-electron chi connectivity index (χ0n) is 10.1. The topological polar surface area (TPSA) is 79.3 Å². The number of carbonyl (C=O) groups is 2. The van der Waals surface area contributed by atoms with Gasteiger partial charge in [-0.25, -0.2) is 4.98 Å². The first-order valence-electron chi connectivity index (χ1n) is 6.05. The summed E-state index contributed by atoms with van der Waals surface area (Å²) in [7, 11) is 0. The maximum Gasteiger partial charge on any atom is 0.307 e. The van der Waals surface area contributed by atoms with Gasteiger partial charge in [0.25, 0.3) is 0 Å². The molecule has 1 aromatic rings. The van der Waals surface area contributed by atoms with E-state index in [0.717, 1.165) is 6.42 Å². The highest BCUT2D eigenvalue weighted by molar-refractivity contribution is 7.13. The molecular formula is C12H16N2O3S. The summed E-state index contributed by atoms with van der Waals surface area (Å²) >= 11 is 1.34. The second kappa shape index (κ2) is 5.48. The van der Waals surface area contributed by atoms with E-state index in [9.17, 15) is 14.7 Å². The molecule has 0 aliphatic heterocycles. The van der Waals surface area contributed by atoms with Crippen LogP contribution in [0.4, 0.5) is 5.13 Å². The molecule has 0 saturated heterocycles. The van der Waals surface area contributed by atoms with Gasteiger partial charge >= 0.3 is 5.97 Å². The zero-order valence-corrected chi connectivity index (χ0v) is 10.9. The maximum atomic E-state index is 12.1. The van der Waals surface area contributed by atoms with Crippen molar-refractivity contribution in [2.45, 2.75) is 26.2 Å². The lowest BCUT2D eigenvalue weighted by Gasteiger charge is -2.14. The average Bonchev–Trinajstić information content (AvgIpc) is 2.96. The molecule has 2 rings (SSSR count). The number of thiazole rings is 1. The number of amides is 1. The van der Waals surface area contributed by atoms with Crippen LogP contribution in [0.1, 0.15) is 26.2 Å². The molecule has 3 unspecified atom stereocenters. The minimum absolute atomic E-state index is 0.215. The number of carboxylic acid groups (broad SMARTS) is 1. The number of aliphatic carboxylic acids is 1. The van der Waals surface area contributed by atoms with Gasteiger partial charge in [-0.1, -0.05) is 13.3 Å².